The Labute approximate surface area is 74.4 Å². The predicted octanol–water partition coefficient (Wildman–Crippen LogP) is 0.795. The first-order valence-electron chi connectivity index (χ1n) is 3.21. The second kappa shape index (κ2) is 3.99. The highest BCUT2D eigenvalue weighted by atomic mass is 35.5. The van der Waals surface area contributed by atoms with Crippen LogP contribution in [-0.4, -0.2) is 22.0 Å². The van der Waals surface area contributed by atoms with Crippen LogP contribution in [0.1, 0.15) is 5.69 Å². The summed E-state index contributed by atoms with van der Waals surface area (Å²) < 4.78 is 0. The fraction of sp³-hybridized carbons (Fsp3) is 0.167. The molecule has 5 nitrogen and oxygen atoms in total. The predicted molar refractivity (Wildman–Crippen MR) is 49.0 cm³/mol. The number of halogens is 1. The fourth-order valence-electron chi connectivity index (χ4n) is 0.690. The molecule has 0 saturated heterocycles. The molecule has 0 aliphatic carbocycles. The molecule has 0 atom stereocenters. The Bertz CT molecular complexity index is 303. The second-order valence-corrected chi connectivity index (χ2v) is 2.28. The van der Waals surface area contributed by atoms with Crippen LogP contribution >= 0.6 is 11.6 Å². The van der Waals surface area contributed by atoms with Crippen molar-refractivity contribution in [2.45, 2.75) is 6.54 Å². The van der Waals surface area contributed by atoms with E-state index in [1.165, 1.54) is 6.33 Å². The van der Waals surface area contributed by atoms with Gasteiger partial charge in [-0.05, 0) is 18.3 Å². The molecule has 0 radical (unpaired) electrons. The number of H-pyrrole nitrogens is 1. The lowest BCUT2D eigenvalue weighted by Crippen LogP contribution is -1.96. The number of aromatic amines is 1. The van der Waals surface area contributed by atoms with Gasteiger partial charge in [-0.15, -0.1) is 0 Å². The van der Waals surface area contributed by atoms with E-state index in [9.17, 15) is 0 Å². The number of nitrogens with one attached hydrogen (secondary N) is 1. The van der Waals surface area contributed by atoms with Crippen molar-refractivity contribution in [1.82, 2.24) is 9.97 Å². The number of amidine groups is 1. The Balaban J connectivity index is 2.94. The van der Waals surface area contributed by atoms with Gasteiger partial charge in [-0.1, -0.05) is 0 Å². The summed E-state index contributed by atoms with van der Waals surface area (Å²) in [6.07, 6.45) is 1.49. The summed E-state index contributed by atoms with van der Waals surface area (Å²) in [5, 5.41) is 0.0638. The highest BCUT2D eigenvalue weighted by molar-refractivity contribution is 6.65. The van der Waals surface area contributed by atoms with Gasteiger partial charge in [0.15, 0.2) is 5.82 Å². The van der Waals surface area contributed by atoms with Crippen LogP contribution in [0.25, 0.3) is 0 Å². The molecule has 0 unspecified atom stereocenters. The van der Waals surface area contributed by atoms with E-state index in [4.69, 9.17) is 17.3 Å². The van der Waals surface area contributed by atoms with Gasteiger partial charge in [0, 0.05) is 6.54 Å². The number of aromatic nitrogens is 2. The van der Waals surface area contributed by atoms with Crippen molar-refractivity contribution < 1.29 is 0 Å². The van der Waals surface area contributed by atoms with Crippen molar-refractivity contribution in [2.75, 3.05) is 0 Å². The molecule has 0 aliphatic rings. The van der Waals surface area contributed by atoms with E-state index < -0.39 is 0 Å². The Morgan fingerprint density at radius 2 is 2.58 bits per heavy atom. The third kappa shape index (κ3) is 1.90. The minimum atomic E-state index is 0.0638. The molecule has 12 heavy (non-hydrogen) atoms. The molecule has 3 N–H and O–H groups in total. The topological polar surface area (TPSA) is 79.4 Å². The average Bonchev–Trinajstić information content (AvgIpc) is 2.51. The molecule has 1 aromatic heterocycles. The van der Waals surface area contributed by atoms with Crippen molar-refractivity contribution in [1.29, 1.82) is 0 Å². The van der Waals surface area contributed by atoms with E-state index in [2.05, 4.69) is 26.7 Å². The molecule has 64 valence electrons. The smallest absolute Gasteiger partial charge is 0.223 e. The lowest BCUT2D eigenvalue weighted by Gasteiger charge is -1.91. The summed E-state index contributed by atoms with van der Waals surface area (Å²) in [5.74, 6) is 0.523. The number of aliphatic imine (C=N–C) groups is 2. The average molecular weight is 186 g/mol. The standard InChI is InChI=1S/C6H8ClN5/c1-9-6(7)12-5-4(2-8)10-3-11-5/h3H,1-2,8H2,(H,10,11)/b12-6-. The SMILES string of the molecule is C=N/C(Cl)=N\c1[nH]cnc1CN. The van der Waals surface area contributed by atoms with E-state index in [0.29, 0.717) is 18.1 Å². The second-order valence-electron chi connectivity index (χ2n) is 1.94. The van der Waals surface area contributed by atoms with Crippen LogP contribution in [0.2, 0.25) is 0 Å². The van der Waals surface area contributed by atoms with Gasteiger partial charge in [0.1, 0.15) is 0 Å². The lowest BCUT2D eigenvalue weighted by molar-refractivity contribution is 1.01. The molecule has 0 aliphatic heterocycles. The molecule has 1 rings (SSSR count). The van der Waals surface area contributed by atoms with E-state index in [-0.39, 0.29) is 5.29 Å². The molecule has 0 aromatic carbocycles. The van der Waals surface area contributed by atoms with Crippen LogP contribution in [-0.2, 0) is 6.54 Å². The number of nitrogens with two attached hydrogens (primary N) is 1. The third-order valence-electron chi connectivity index (χ3n) is 1.22. The summed E-state index contributed by atoms with van der Waals surface area (Å²) in [4.78, 5) is 14.0. The minimum Gasteiger partial charge on any atom is -0.329 e. The maximum absolute atomic E-state index is 5.52. The van der Waals surface area contributed by atoms with Gasteiger partial charge >= 0.3 is 0 Å². The van der Waals surface area contributed by atoms with Gasteiger partial charge in [0.2, 0.25) is 5.29 Å². The molecule has 1 aromatic rings. The van der Waals surface area contributed by atoms with Gasteiger partial charge in [0.05, 0.1) is 12.0 Å². The Kier molecular flexibility index (Phi) is 2.95. The van der Waals surface area contributed by atoms with Crippen molar-refractivity contribution in [2.24, 2.45) is 15.7 Å². The first-order valence-corrected chi connectivity index (χ1v) is 3.59. The van der Waals surface area contributed by atoms with Gasteiger partial charge in [-0.3, -0.25) is 0 Å². The van der Waals surface area contributed by atoms with Crippen LogP contribution in [0.3, 0.4) is 0 Å². The highest BCUT2D eigenvalue weighted by Crippen LogP contribution is 2.13. The zero-order valence-electron chi connectivity index (χ0n) is 6.29. The molecule has 0 amide bonds. The number of imidazole rings is 1. The third-order valence-corrected chi connectivity index (χ3v) is 1.43. The van der Waals surface area contributed by atoms with Crippen LogP contribution in [0.5, 0.6) is 0 Å². The molecular formula is C6H8ClN5. The van der Waals surface area contributed by atoms with Crippen molar-refractivity contribution >= 4 is 29.4 Å². The number of rotatable bonds is 2. The molecule has 0 saturated carbocycles. The van der Waals surface area contributed by atoms with Crippen molar-refractivity contribution in [3.8, 4) is 0 Å². The molecule has 0 spiro atoms. The summed E-state index contributed by atoms with van der Waals surface area (Å²) in [5.41, 5.74) is 6.02. The fourth-order valence-corrected chi connectivity index (χ4v) is 0.774. The maximum Gasteiger partial charge on any atom is 0.223 e. The van der Waals surface area contributed by atoms with Crippen molar-refractivity contribution in [3.63, 3.8) is 0 Å². The zero-order valence-corrected chi connectivity index (χ0v) is 7.04. The van der Waals surface area contributed by atoms with Crippen LogP contribution in [0, 0.1) is 0 Å². The van der Waals surface area contributed by atoms with E-state index >= 15 is 0 Å². The van der Waals surface area contributed by atoms with Crippen LogP contribution in [0.4, 0.5) is 5.82 Å². The first-order chi connectivity index (χ1) is 5.77. The van der Waals surface area contributed by atoms with E-state index in [1.54, 1.807) is 0 Å². The Hall–Kier alpha value is -1.20. The maximum atomic E-state index is 5.52. The van der Waals surface area contributed by atoms with Gasteiger partial charge in [-0.25, -0.2) is 9.98 Å². The number of nitrogens with zero attached hydrogens (tertiary/aromatic N) is 3. The Morgan fingerprint density at radius 1 is 1.83 bits per heavy atom. The van der Waals surface area contributed by atoms with Gasteiger partial charge in [0.25, 0.3) is 0 Å². The largest absolute Gasteiger partial charge is 0.329 e. The lowest BCUT2D eigenvalue weighted by atomic mass is 10.4. The van der Waals surface area contributed by atoms with E-state index in [1.807, 2.05) is 0 Å². The summed E-state index contributed by atoms with van der Waals surface area (Å²) >= 11 is 5.52. The number of hydrogen-bond acceptors (Lipinski definition) is 3. The summed E-state index contributed by atoms with van der Waals surface area (Å²) in [6, 6.07) is 0. The van der Waals surface area contributed by atoms with E-state index in [0.717, 1.165) is 0 Å². The molecule has 0 fully saturated rings. The normalized spacial score (nSPS) is 11.7. The highest BCUT2D eigenvalue weighted by Gasteiger charge is 2.01. The van der Waals surface area contributed by atoms with Crippen LogP contribution in [0.15, 0.2) is 16.3 Å². The first kappa shape index (κ1) is 8.89. The Morgan fingerprint density at radius 3 is 3.17 bits per heavy atom. The molecule has 0 bridgehead atoms. The van der Waals surface area contributed by atoms with Gasteiger partial charge in [-0.2, -0.15) is 4.99 Å². The number of hydrogen-bond donors (Lipinski definition) is 2. The summed E-state index contributed by atoms with van der Waals surface area (Å²) in [7, 11) is 0. The van der Waals surface area contributed by atoms with Crippen molar-refractivity contribution in [3.05, 3.63) is 12.0 Å². The molecular weight excluding hydrogens is 178 g/mol. The quantitative estimate of drug-likeness (QED) is 0.406. The van der Waals surface area contributed by atoms with Crippen LogP contribution < -0.4 is 5.73 Å². The zero-order chi connectivity index (χ0) is 8.97. The molecule has 6 heteroatoms. The molecule has 1 heterocycles. The monoisotopic (exact) mass is 185 g/mol. The summed E-state index contributed by atoms with van der Waals surface area (Å²) in [6.45, 7) is 3.53. The van der Waals surface area contributed by atoms with Gasteiger partial charge < -0.3 is 10.7 Å². The minimum absolute atomic E-state index is 0.0638.